The Labute approximate surface area is 156 Å². The predicted octanol–water partition coefficient (Wildman–Crippen LogP) is 3.70. The molecule has 0 bridgehead atoms. The van der Waals surface area contributed by atoms with E-state index < -0.39 is 0 Å². The average molecular weight is 358 g/mol. The number of hydrogen-bond donors (Lipinski definition) is 2. The summed E-state index contributed by atoms with van der Waals surface area (Å²) in [4.78, 5) is 4.26. The van der Waals surface area contributed by atoms with Crippen molar-refractivity contribution in [2.45, 2.75) is 46.7 Å². The lowest BCUT2D eigenvalue weighted by Crippen LogP contribution is -2.36. The largest absolute Gasteiger partial charge is 0.493 e. The smallest absolute Gasteiger partial charge is 0.191 e. The minimum Gasteiger partial charge on any atom is -0.493 e. The molecule has 0 aliphatic rings. The van der Waals surface area contributed by atoms with E-state index in [0.717, 1.165) is 22.8 Å². The fourth-order valence-electron chi connectivity index (χ4n) is 2.30. The summed E-state index contributed by atoms with van der Waals surface area (Å²) in [5.74, 6) is 3.24. The van der Waals surface area contributed by atoms with Crippen molar-refractivity contribution in [3.8, 4) is 5.75 Å². The molecule has 0 saturated carbocycles. The minimum absolute atomic E-state index is 0.354. The first kappa shape index (κ1) is 19.8. The minimum atomic E-state index is 0.354. The highest BCUT2D eigenvalue weighted by atomic mass is 16.5. The highest BCUT2D eigenvalue weighted by Crippen LogP contribution is 2.18. The lowest BCUT2D eigenvalue weighted by Gasteiger charge is -2.15. The molecule has 0 radical (unpaired) electrons. The average Bonchev–Trinajstić information content (AvgIpc) is 3.10. The van der Waals surface area contributed by atoms with Gasteiger partial charge < -0.3 is 19.9 Å². The zero-order valence-corrected chi connectivity index (χ0v) is 16.4. The van der Waals surface area contributed by atoms with Gasteiger partial charge in [0.05, 0.1) is 18.8 Å². The van der Waals surface area contributed by atoms with Gasteiger partial charge >= 0.3 is 0 Å². The quantitative estimate of drug-likeness (QED) is 0.556. The van der Waals surface area contributed by atoms with Gasteiger partial charge in [0.1, 0.15) is 5.75 Å². The van der Waals surface area contributed by atoms with Crippen molar-refractivity contribution in [1.29, 1.82) is 0 Å². The lowest BCUT2D eigenvalue weighted by molar-refractivity contribution is 0.268. The maximum atomic E-state index is 5.90. The molecule has 0 spiro atoms. The SMILES string of the molecule is CN=C(NCc1cc(C(C)C)no1)NCc1ccccc1OCC(C)C. The molecule has 0 aliphatic heterocycles. The number of guanidine groups is 1. The molecule has 0 unspecified atom stereocenters. The second-order valence-electron chi connectivity index (χ2n) is 6.96. The number of benzene rings is 1. The molecule has 6 nitrogen and oxygen atoms in total. The van der Waals surface area contributed by atoms with Crippen molar-refractivity contribution < 1.29 is 9.26 Å². The van der Waals surface area contributed by atoms with Gasteiger partial charge in [-0.05, 0) is 17.9 Å². The summed E-state index contributed by atoms with van der Waals surface area (Å²) in [7, 11) is 1.75. The van der Waals surface area contributed by atoms with E-state index in [4.69, 9.17) is 9.26 Å². The van der Waals surface area contributed by atoms with Crippen LogP contribution in [0.25, 0.3) is 0 Å². The van der Waals surface area contributed by atoms with Crippen LogP contribution >= 0.6 is 0 Å². The van der Waals surface area contributed by atoms with Crippen LogP contribution in [0.1, 0.15) is 50.6 Å². The van der Waals surface area contributed by atoms with Crippen molar-refractivity contribution in [3.63, 3.8) is 0 Å². The summed E-state index contributed by atoms with van der Waals surface area (Å²) < 4.78 is 11.2. The van der Waals surface area contributed by atoms with Gasteiger partial charge in [0.25, 0.3) is 0 Å². The zero-order chi connectivity index (χ0) is 18.9. The summed E-state index contributed by atoms with van der Waals surface area (Å²) in [5, 5.41) is 10.6. The number of nitrogens with one attached hydrogen (secondary N) is 2. The Morgan fingerprint density at radius 1 is 1.15 bits per heavy atom. The lowest BCUT2D eigenvalue weighted by atomic mass is 10.1. The number of aliphatic imine (C=N–C) groups is 1. The number of aromatic nitrogens is 1. The van der Waals surface area contributed by atoms with Crippen LogP contribution in [0.15, 0.2) is 39.8 Å². The molecule has 0 fully saturated rings. The summed E-state index contributed by atoms with van der Waals surface area (Å²) in [5.41, 5.74) is 2.05. The molecule has 0 atom stereocenters. The molecule has 142 valence electrons. The standard InChI is InChI=1S/C20H30N4O2/c1-14(2)13-25-19-9-7-6-8-16(19)11-22-20(21-5)23-12-17-10-18(15(3)4)24-26-17/h6-10,14-15H,11-13H2,1-5H3,(H2,21,22,23). The van der Waals surface area contributed by atoms with Crippen molar-refractivity contribution in [3.05, 3.63) is 47.3 Å². The summed E-state index contributed by atoms with van der Waals surface area (Å²) in [6, 6.07) is 10.0. The Hall–Kier alpha value is -2.50. The van der Waals surface area contributed by atoms with E-state index in [-0.39, 0.29) is 0 Å². The molecule has 2 N–H and O–H groups in total. The van der Waals surface area contributed by atoms with Crippen LogP contribution in [0.3, 0.4) is 0 Å². The number of ether oxygens (including phenoxy) is 1. The number of hydrogen-bond acceptors (Lipinski definition) is 4. The predicted molar refractivity (Wildman–Crippen MR) is 104 cm³/mol. The summed E-state index contributed by atoms with van der Waals surface area (Å²) >= 11 is 0. The molecule has 2 aromatic rings. The monoisotopic (exact) mass is 358 g/mol. The molecule has 6 heteroatoms. The molecule has 1 aromatic carbocycles. The molecule has 0 amide bonds. The van der Waals surface area contributed by atoms with Crippen molar-refractivity contribution in [1.82, 2.24) is 15.8 Å². The van der Waals surface area contributed by atoms with E-state index in [0.29, 0.717) is 37.5 Å². The first-order chi connectivity index (χ1) is 12.5. The van der Waals surface area contributed by atoms with Crippen LogP contribution in [0.4, 0.5) is 0 Å². The normalized spacial score (nSPS) is 11.9. The highest BCUT2D eigenvalue weighted by Gasteiger charge is 2.09. The third-order valence-electron chi connectivity index (χ3n) is 3.81. The van der Waals surface area contributed by atoms with Crippen LogP contribution in [0.5, 0.6) is 5.75 Å². The van der Waals surface area contributed by atoms with E-state index in [9.17, 15) is 0 Å². The number of para-hydroxylation sites is 1. The van der Waals surface area contributed by atoms with Gasteiger partial charge in [-0.3, -0.25) is 4.99 Å². The third-order valence-corrected chi connectivity index (χ3v) is 3.81. The Morgan fingerprint density at radius 3 is 2.54 bits per heavy atom. The van der Waals surface area contributed by atoms with Crippen LogP contribution in [-0.2, 0) is 13.1 Å². The second kappa shape index (κ2) is 9.85. The van der Waals surface area contributed by atoms with Crippen molar-refractivity contribution in [2.24, 2.45) is 10.9 Å². The Kier molecular flexibility index (Phi) is 7.51. The van der Waals surface area contributed by atoms with Crippen LogP contribution in [-0.4, -0.2) is 24.8 Å². The fourth-order valence-corrected chi connectivity index (χ4v) is 2.30. The molecule has 26 heavy (non-hydrogen) atoms. The topological polar surface area (TPSA) is 71.7 Å². The van der Waals surface area contributed by atoms with E-state index in [2.05, 4.69) is 54.5 Å². The first-order valence-corrected chi connectivity index (χ1v) is 9.10. The van der Waals surface area contributed by atoms with E-state index in [1.807, 2.05) is 24.3 Å². The number of nitrogens with zero attached hydrogens (tertiary/aromatic N) is 2. The van der Waals surface area contributed by atoms with Crippen molar-refractivity contribution in [2.75, 3.05) is 13.7 Å². The molecular formula is C20H30N4O2. The van der Waals surface area contributed by atoms with Crippen LogP contribution < -0.4 is 15.4 Å². The Morgan fingerprint density at radius 2 is 1.88 bits per heavy atom. The van der Waals surface area contributed by atoms with Gasteiger partial charge in [0.15, 0.2) is 11.7 Å². The van der Waals surface area contributed by atoms with E-state index >= 15 is 0 Å². The maximum Gasteiger partial charge on any atom is 0.191 e. The molecule has 0 aliphatic carbocycles. The number of rotatable bonds is 8. The van der Waals surface area contributed by atoms with E-state index in [1.54, 1.807) is 7.05 Å². The van der Waals surface area contributed by atoms with Crippen LogP contribution in [0, 0.1) is 5.92 Å². The van der Waals surface area contributed by atoms with Gasteiger partial charge in [-0.2, -0.15) is 0 Å². The second-order valence-corrected chi connectivity index (χ2v) is 6.96. The van der Waals surface area contributed by atoms with Gasteiger partial charge in [0, 0.05) is 25.2 Å². The van der Waals surface area contributed by atoms with Gasteiger partial charge in [0.2, 0.25) is 0 Å². The molecule has 1 heterocycles. The zero-order valence-electron chi connectivity index (χ0n) is 16.4. The Bertz CT molecular complexity index is 707. The third kappa shape index (κ3) is 6.10. The van der Waals surface area contributed by atoms with Gasteiger partial charge in [-0.25, -0.2) is 0 Å². The first-order valence-electron chi connectivity index (χ1n) is 9.10. The van der Waals surface area contributed by atoms with Gasteiger partial charge in [-0.15, -0.1) is 0 Å². The summed E-state index contributed by atoms with van der Waals surface area (Å²) in [6.45, 7) is 10.3. The van der Waals surface area contributed by atoms with Gasteiger partial charge in [-0.1, -0.05) is 51.1 Å². The van der Waals surface area contributed by atoms with Crippen LogP contribution in [0.2, 0.25) is 0 Å². The Balaban J connectivity index is 1.88. The summed E-state index contributed by atoms with van der Waals surface area (Å²) in [6.07, 6.45) is 0. The molecule has 0 saturated heterocycles. The maximum absolute atomic E-state index is 5.90. The van der Waals surface area contributed by atoms with E-state index in [1.165, 1.54) is 0 Å². The molecule has 1 aromatic heterocycles. The van der Waals surface area contributed by atoms with Crippen molar-refractivity contribution >= 4 is 5.96 Å². The fraction of sp³-hybridized carbons (Fsp3) is 0.500. The molecule has 2 rings (SSSR count). The highest BCUT2D eigenvalue weighted by molar-refractivity contribution is 5.79. The molecular weight excluding hydrogens is 328 g/mol.